The van der Waals surface area contributed by atoms with E-state index in [-0.39, 0.29) is 11.8 Å². The fraction of sp³-hybridized carbons (Fsp3) is 0.684. The van der Waals surface area contributed by atoms with Crippen LogP contribution in [-0.2, 0) is 4.79 Å². The number of halogens is 1. The summed E-state index contributed by atoms with van der Waals surface area (Å²) in [6, 6.07) is 4.00. The van der Waals surface area contributed by atoms with Crippen LogP contribution in [0, 0.1) is 24.7 Å². The van der Waals surface area contributed by atoms with Crippen molar-refractivity contribution < 1.29 is 9.53 Å². The van der Waals surface area contributed by atoms with Crippen LogP contribution in [0.2, 0.25) is 0 Å². The first-order valence-electron chi connectivity index (χ1n) is 8.79. The van der Waals surface area contributed by atoms with Gasteiger partial charge in [0.15, 0.2) is 0 Å². The number of hydrogen-bond donors (Lipinski definition) is 1. The minimum atomic E-state index is -0.241. The van der Waals surface area contributed by atoms with E-state index in [1.54, 1.807) is 13.8 Å². The Labute approximate surface area is 154 Å². The average Bonchev–Trinajstić information content (AvgIpc) is 2.52. The summed E-state index contributed by atoms with van der Waals surface area (Å²) in [5.74, 6) is 2.18. The van der Waals surface area contributed by atoms with Crippen LogP contribution in [0.15, 0.2) is 16.6 Å². The Kier molecular flexibility index (Phi) is 8.74. The van der Waals surface area contributed by atoms with Gasteiger partial charge in [0.2, 0.25) is 11.8 Å². The molecule has 0 radical (unpaired) electrons. The predicted molar refractivity (Wildman–Crippen MR) is 102 cm³/mol. The molecule has 4 nitrogen and oxygen atoms in total. The molecule has 0 saturated heterocycles. The molecule has 24 heavy (non-hydrogen) atoms. The molecule has 1 saturated carbocycles. The fourth-order valence-electron chi connectivity index (χ4n) is 2.63. The van der Waals surface area contributed by atoms with E-state index in [2.05, 4.69) is 34.8 Å². The molecule has 1 fully saturated rings. The lowest BCUT2D eigenvalue weighted by atomic mass is 9.80. The summed E-state index contributed by atoms with van der Waals surface area (Å²) in [6.07, 6.45) is 5.22. The highest BCUT2D eigenvalue weighted by molar-refractivity contribution is 9.10. The zero-order chi connectivity index (χ0) is 18.3. The molecule has 1 aromatic rings. The van der Waals surface area contributed by atoms with Crippen molar-refractivity contribution >= 4 is 21.8 Å². The number of carbonyl (C=O) groups excluding carboxylic acids is 1. The van der Waals surface area contributed by atoms with Crippen LogP contribution in [0.5, 0.6) is 5.88 Å². The molecule has 1 amide bonds. The van der Waals surface area contributed by atoms with Crippen molar-refractivity contribution in [1.82, 2.24) is 4.98 Å². The van der Waals surface area contributed by atoms with E-state index in [1.165, 1.54) is 12.8 Å². The number of pyridine rings is 1. The quantitative estimate of drug-likeness (QED) is 0.785. The summed E-state index contributed by atoms with van der Waals surface area (Å²) in [5.41, 5.74) is 5.80. The van der Waals surface area contributed by atoms with E-state index in [9.17, 15) is 4.79 Å². The summed E-state index contributed by atoms with van der Waals surface area (Å²) in [5, 5.41) is 0. The van der Waals surface area contributed by atoms with Gasteiger partial charge in [-0.3, -0.25) is 4.79 Å². The molecule has 1 aliphatic rings. The third-order valence-corrected chi connectivity index (χ3v) is 5.07. The molecule has 1 aromatic heterocycles. The molecule has 0 bridgehead atoms. The first-order valence-corrected chi connectivity index (χ1v) is 9.59. The molecular formula is C19H31BrN2O2. The SMILES string of the molecule is CC(C)C(N)=O.Cc1ccc(Br)c(OC2CCC(C(C)C)CC2)n1. The molecule has 0 spiro atoms. The van der Waals surface area contributed by atoms with Gasteiger partial charge in [-0.05, 0) is 72.5 Å². The molecule has 0 unspecified atom stereocenters. The van der Waals surface area contributed by atoms with Gasteiger partial charge in [-0.1, -0.05) is 27.7 Å². The maximum absolute atomic E-state index is 9.92. The fourth-order valence-corrected chi connectivity index (χ4v) is 2.94. The highest BCUT2D eigenvalue weighted by Gasteiger charge is 2.25. The molecule has 0 aromatic carbocycles. The summed E-state index contributed by atoms with van der Waals surface area (Å²) < 4.78 is 6.99. The van der Waals surface area contributed by atoms with Crippen molar-refractivity contribution in [3.63, 3.8) is 0 Å². The number of ether oxygens (including phenoxy) is 1. The first-order chi connectivity index (χ1) is 11.2. The molecule has 2 rings (SSSR count). The Bertz CT molecular complexity index is 524. The van der Waals surface area contributed by atoms with Crippen molar-refractivity contribution in [2.45, 2.75) is 66.4 Å². The monoisotopic (exact) mass is 398 g/mol. The van der Waals surface area contributed by atoms with E-state index in [1.807, 2.05) is 19.1 Å². The standard InChI is InChI=1S/C15H22BrNO.C4H9NO/c1-10(2)12-5-7-13(8-6-12)18-15-14(16)9-4-11(3)17-15;1-3(2)4(5)6/h4,9-10,12-13H,5-8H2,1-3H3;3H,1-2H3,(H2,5,6). The smallest absolute Gasteiger partial charge is 0.228 e. The van der Waals surface area contributed by atoms with E-state index < -0.39 is 0 Å². The van der Waals surface area contributed by atoms with Gasteiger partial charge in [-0.15, -0.1) is 0 Å². The van der Waals surface area contributed by atoms with Gasteiger partial charge in [0.25, 0.3) is 0 Å². The second-order valence-electron chi connectivity index (χ2n) is 7.20. The highest BCUT2D eigenvalue weighted by Crippen LogP contribution is 2.33. The molecule has 1 aliphatic carbocycles. The van der Waals surface area contributed by atoms with Crippen molar-refractivity contribution in [1.29, 1.82) is 0 Å². The van der Waals surface area contributed by atoms with Crippen LogP contribution < -0.4 is 10.5 Å². The summed E-state index contributed by atoms with van der Waals surface area (Å²) in [6.45, 7) is 10.2. The lowest BCUT2D eigenvalue weighted by molar-refractivity contribution is -0.120. The second-order valence-corrected chi connectivity index (χ2v) is 8.05. The number of nitrogens with two attached hydrogens (primary N) is 1. The minimum Gasteiger partial charge on any atom is -0.474 e. The van der Waals surface area contributed by atoms with Crippen molar-refractivity contribution in [3.8, 4) is 5.88 Å². The predicted octanol–water partition coefficient (Wildman–Crippen LogP) is 4.87. The Morgan fingerprint density at radius 1 is 1.21 bits per heavy atom. The van der Waals surface area contributed by atoms with Crippen molar-refractivity contribution in [2.24, 2.45) is 23.5 Å². The maximum Gasteiger partial charge on any atom is 0.228 e. The van der Waals surface area contributed by atoms with Crippen molar-refractivity contribution in [3.05, 3.63) is 22.3 Å². The number of amides is 1. The van der Waals surface area contributed by atoms with Gasteiger partial charge >= 0.3 is 0 Å². The van der Waals surface area contributed by atoms with Crippen LogP contribution in [0.3, 0.4) is 0 Å². The van der Waals surface area contributed by atoms with Gasteiger partial charge < -0.3 is 10.5 Å². The lowest BCUT2D eigenvalue weighted by Crippen LogP contribution is -2.26. The number of hydrogen-bond acceptors (Lipinski definition) is 3. The number of primary amides is 1. The van der Waals surface area contributed by atoms with E-state index in [0.29, 0.717) is 6.10 Å². The maximum atomic E-state index is 9.92. The lowest BCUT2D eigenvalue weighted by Gasteiger charge is -2.31. The summed E-state index contributed by atoms with van der Waals surface area (Å²) >= 11 is 3.50. The summed E-state index contributed by atoms with van der Waals surface area (Å²) in [4.78, 5) is 14.4. The zero-order valence-electron chi connectivity index (χ0n) is 15.5. The Morgan fingerprint density at radius 3 is 2.21 bits per heavy atom. The topological polar surface area (TPSA) is 65.2 Å². The Hall–Kier alpha value is -1.10. The number of carbonyl (C=O) groups is 1. The van der Waals surface area contributed by atoms with Gasteiger partial charge in [0, 0.05) is 11.6 Å². The van der Waals surface area contributed by atoms with Crippen LogP contribution in [0.4, 0.5) is 0 Å². The molecular weight excluding hydrogens is 368 g/mol. The van der Waals surface area contributed by atoms with Crippen LogP contribution in [0.1, 0.15) is 59.1 Å². The van der Waals surface area contributed by atoms with Gasteiger partial charge in [-0.2, -0.15) is 0 Å². The second kappa shape index (κ2) is 10.0. The number of aryl methyl sites for hydroxylation is 1. The molecule has 0 aliphatic heterocycles. The van der Waals surface area contributed by atoms with Crippen LogP contribution in [0.25, 0.3) is 0 Å². The number of rotatable bonds is 4. The van der Waals surface area contributed by atoms with E-state index in [0.717, 1.165) is 40.7 Å². The molecule has 0 atom stereocenters. The Balaban J connectivity index is 0.000000413. The first kappa shape index (κ1) is 20.9. The summed E-state index contributed by atoms with van der Waals surface area (Å²) in [7, 11) is 0. The zero-order valence-corrected chi connectivity index (χ0v) is 17.1. The normalized spacial score (nSPS) is 20.5. The Morgan fingerprint density at radius 2 is 1.75 bits per heavy atom. The number of aromatic nitrogens is 1. The molecule has 1 heterocycles. The minimum absolute atomic E-state index is 0.00926. The molecule has 136 valence electrons. The largest absolute Gasteiger partial charge is 0.474 e. The highest BCUT2D eigenvalue weighted by atomic mass is 79.9. The van der Waals surface area contributed by atoms with Crippen LogP contribution >= 0.6 is 15.9 Å². The van der Waals surface area contributed by atoms with Crippen LogP contribution in [-0.4, -0.2) is 17.0 Å². The van der Waals surface area contributed by atoms with E-state index >= 15 is 0 Å². The van der Waals surface area contributed by atoms with Gasteiger partial charge in [0.05, 0.1) is 4.47 Å². The van der Waals surface area contributed by atoms with E-state index in [4.69, 9.17) is 10.5 Å². The van der Waals surface area contributed by atoms with Gasteiger partial charge in [-0.25, -0.2) is 4.98 Å². The third kappa shape index (κ3) is 7.20. The van der Waals surface area contributed by atoms with Crippen molar-refractivity contribution in [2.75, 3.05) is 0 Å². The van der Waals surface area contributed by atoms with Gasteiger partial charge in [0.1, 0.15) is 6.10 Å². The third-order valence-electron chi connectivity index (χ3n) is 4.46. The molecule has 5 heteroatoms. The average molecular weight is 399 g/mol. The molecule has 2 N–H and O–H groups in total. The number of nitrogens with zero attached hydrogens (tertiary/aromatic N) is 1.